The van der Waals surface area contributed by atoms with Crippen molar-refractivity contribution < 1.29 is 9.59 Å². The second kappa shape index (κ2) is 10.9. The Morgan fingerprint density at radius 1 is 0.550 bits per heavy atom. The van der Waals surface area contributed by atoms with E-state index in [9.17, 15) is 9.59 Å². The van der Waals surface area contributed by atoms with Crippen molar-refractivity contribution in [2.45, 2.75) is 0 Å². The SMILES string of the molecule is O=C(N/N=C/c1cc2ccccc2[nH]1)c1ccc(-c2ccc(C(=O)N/N=C/c3cc4ccccc4[nH]3)cc2)cc1. The molecule has 0 atom stereocenters. The van der Waals surface area contributed by atoms with E-state index in [0.717, 1.165) is 44.3 Å². The number of aromatic amines is 2. The first kappa shape index (κ1) is 24.6. The summed E-state index contributed by atoms with van der Waals surface area (Å²) >= 11 is 0. The number of aromatic nitrogens is 2. The maximum atomic E-state index is 12.5. The summed E-state index contributed by atoms with van der Waals surface area (Å²) in [4.78, 5) is 31.5. The van der Waals surface area contributed by atoms with E-state index in [-0.39, 0.29) is 11.8 Å². The van der Waals surface area contributed by atoms with Gasteiger partial charge in [-0.25, -0.2) is 10.9 Å². The first-order valence-electron chi connectivity index (χ1n) is 12.7. The molecule has 0 spiro atoms. The third-order valence-corrected chi connectivity index (χ3v) is 6.47. The molecule has 8 heteroatoms. The summed E-state index contributed by atoms with van der Waals surface area (Å²) in [5, 5.41) is 10.3. The lowest BCUT2D eigenvalue weighted by molar-refractivity contribution is 0.0947. The van der Waals surface area contributed by atoms with Crippen LogP contribution in [0.2, 0.25) is 0 Å². The van der Waals surface area contributed by atoms with Gasteiger partial charge in [0.1, 0.15) is 0 Å². The Bertz CT molecular complexity index is 1670. The fourth-order valence-electron chi connectivity index (χ4n) is 4.41. The van der Waals surface area contributed by atoms with Crippen LogP contribution in [0.1, 0.15) is 32.1 Å². The van der Waals surface area contributed by atoms with Gasteiger partial charge < -0.3 is 9.97 Å². The van der Waals surface area contributed by atoms with Gasteiger partial charge in [0, 0.05) is 32.9 Å². The zero-order chi connectivity index (χ0) is 27.3. The van der Waals surface area contributed by atoms with E-state index in [2.05, 4.69) is 31.0 Å². The Kier molecular flexibility index (Phi) is 6.71. The van der Waals surface area contributed by atoms with Crippen molar-refractivity contribution in [2.24, 2.45) is 10.2 Å². The molecule has 0 aliphatic heterocycles. The second-order valence-corrected chi connectivity index (χ2v) is 9.18. The van der Waals surface area contributed by atoms with Crippen LogP contribution in [0.3, 0.4) is 0 Å². The standard InChI is InChI=1S/C32H24N6O2/c39-31(37-33-19-27-17-25-5-1-3-7-29(25)35-27)23-13-9-21(10-14-23)22-11-15-24(16-12-22)32(40)38-34-20-28-18-26-6-2-4-8-30(26)36-28/h1-20,35-36H,(H,37,39)(H,38,40)/b33-19+,34-20+. The van der Waals surface area contributed by atoms with E-state index in [1.807, 2.05) is 84.9 Å². The Morgan fingerprint density at radius 2 is 0.950 bits per heavy atom. The van der Waals surface area contributed by atoms with Crippen LogP contribution in [-0.2, 0) is 0 Å². The van der Waals surface area contributed by atoms with Crippen LogP contribution in [0.4, 0.5) is 0 Å². The smallest absolute Gasteiger partial charge is 0.271 e. The highest BCUT2D eigenvalue weighted by Crippen LogP contribution is 2.21. The number of nitrogens with zero attached hydrogens (tertiary/aromatic N) is 2. The Morgan fingerprint density at radius 3 is 1.35 bits per heavy atom. The van der Waals surface area contributed by atoms with Crippen molar-refractivity contribution in [1.29, 1.82) is 0 Å². The summed E-state index contributed by atoms with van der Waals surface area (Å²) in [6.45, 7) is 0. The number of carbonyl (C=O) groups is 2. The molecule has 0 radical (unpaired) electrons. The van der Waals surface area contributed by atoms with Crippen molar-refractivity contribution in [3.05, 3.63) is 132 Å². The van der Waals surface area contributed by atoms with Gasteiger partial charge in [0.15, 0.2) is 0 Å². The molecule has 0 unspecified atom stereocenters. The molecule has 2 heterocycles. The molecule has 2 aromatic heterocycles. The van der Waals surface area contributed by atoms with Gasteiger partial charge in [-0.2, -0.15) is 10.2 Å². The normalized spacial score (nSPS) is 11.5. The van der Waals surface area contributed by atoms with Crippen LogP contribution >= 0.6 is 0 Å². The molecule has 194 valence electrons. The van der Waals surface area contributed by atoms with Gasteiger partial charge in [-0.05, 0) is 59.7 Å². The highest BCUT2D eigenvalue weighted by Gasteiger charge is 2.08. The molecule has 6 rings (SSSR count). The zero-order valence-corrected chi connectivity index (χ0v) is 21.3. The summed E-state index contributed by atoms with van der Waals surface area (Å²) in [6.07, 6.45) is 3.16. The van der Waals surface area contributed by atoms with Crippen LogP contribution < -0.4 is 10.9 Å². The lowest BCUT2D eigenvalue weighted by Gasteiger charge is -2.05. The maximum Gasteiger partial charge on any atom is 0.271 e. The molecule has 0 bridgehead atoms. The maximum absolute atomic E-state index is 12.5. The number of rotatable bonds is 7. The number of carbonyl (C=O) groups excluding carboxylic acids is 2. The summed E-state index contributed by atoms with van der Waals surface area (Å²) in [6, 6.07) is 34.2. The monoisotopic (exact) mass is 524 g/mol. The van der Waals surface area contributed by atoms with Crippen LogP contribution in [-0.4, -0.2) is 34.2 Å². The Balaban J connectivity index is 1.04. The van der Waals surface area contributed by atoms with E-state index < -0.39 is 0 Å². The molecule has 0 fully saturated rings. The van der Waals surface area contributed by atoms with E-state index in [1.165, 1.54) is 0 Å². The molecule has 4 N–H and O–H groups in total. The Labute approximate surface area is 229 Å². The average molecular weight is 525 g/mol. The number of H-pyrrole nitrogens is 2. The van der Waals surface area contributed by atoms with E-state index in [0.29, 0.717) is 11.1 Å². The topological polar surface area (TPSA) is 114 Å². The van der Waals surface area contributed by atoms with Crippen LogP contribution in [0.15, 0.2) is 119 Å². The third kappa shape index (κ3) is 5.41. The quantitative estimate of drug-likeness (QED) is 0.155. The molecule has 0 saturated heterocycles. The van der Waals surface area contributed by atoms with Crippen LogP contribution in [0, 0.1) is 0 Å². The number of fused-ring (bicyclic) bond motifs is 2. The van der Waals surface area contributed by atoms with E-state index >= 15 is 0 Å². The fourth-order valence-corrected chi connectivity index (χ4v) is 4.41. The number of para-hydroxylation sites is 2. The van der Waals surface area contributed by atoms with Crippen molar-refractivity contribution >= 4 is 46.0 Å². The number of hydrazone groups is 2. The molecular weight excluding hydrogens is 500 g/mol. The predicted molar refractivity (Wildman–Crippen MR) is 159 cm³/mol. The zero-order valence-electron chi connectivity index (χ0n) is 21.3. The molecule has 0 aliphatic carbocycles. The fraction of sp³-hybridized carbons (Fsp3) is 0. The molecule has 40 heavy (non-hydrogen) atoms. The summed E-state index contributed by atoms with van der Waals surface area (Å²) in [5.74, 6) is -0.613. The molecular formula is C32H24N6O2. The highest BCUT2D eigenvalue weighted by molar-refractivity contribution is 5.97. The average Bonchev–Trinajstić information content (AvgIpc) is 3.60. The molecule has 2 amide bonds. The molecule has 0 saturated carbocycles. The van der Waals surface area contributed by atoms with E-state index in [4.69, 9.17) is 0 Å². The molecule has 6 aromatic rings. The third-order valence-electron chi connectivity index (χ3n) is 6.47. The highest BCUT2D eigenvalue weighted by atomic mass is 16.2. The van der Waals surface area contributed by atoms with Gasteiger partial charge in [-0.1, -0.05) is 60.7 Å². The summed E-state index contributed by atoms with van der Waals surface area (Å²) in [5.41, 5.74) is 11.5. The van der Waals surface area contributed by atoms with Gasteiger partial charge in [0.2, 0.25) is 0 Å². The summed E-state index contributed by atoms with van der Waals surface area (Å²) < 4.78 is 0. The van der Waals surface area contributed by atoms with Gasteiger partial charge in [0.05, 0.1) is 23.8 Å². The lowest BCUT2D eigenvalue weighted by atomic mass is 10.0. The van der Waals surface area contributed by atoms with Crippen molar-refractivity contribution in [1.82, 2.24) is 20.8 Å². The van der Waals surface area contributed by atoms with Gasteiger partial charge in [-0.3, -0.25) is 9.59 Å². The minimum Gasteiger partial charge on any atom is -0.354 e. The number of hydrogen-bond acceptors (Lipinski definition) is 4. The van der Waals surface area contributed by atoms with Crippen molar-refractivity contribution in [3.8, 4) is 11.1 Å². The van der Waals surface area contributed by atoms with Gasteiger partial charge >= 0.3 is 0 Å². The van der Waals surface area contributed by atoms with E-state index in [1.54, 1.807) is 36.7 Å². The number of benzene rings is 4. The first-order valence-corrected chi connectivity index (χ1v) is 12.7. The minimum atomic E-state index is -0.307. The Hall–Kier alpha value is -5.76. The van der Waals surface area contributed by atoms with Crippen molar-refractivity contribution in [3.63, 3.8) is 0 Å². The van der Waals surface area contributed by atoms with Crippen molar-refractivity contribution in [2.75, 3.05) is 0 Å². The second-order valence-electron chi connectivity index (χ2n) is 9.18. The molecule has 4 aromatic carbocycles. The number of hydrogen-bond donors (Lipinski definition) is 4. The predicted octanol–water partition coefficient (Wildman–Crippen LogP) is 5.84. The lowest BCUT2D eigenvalue weighted by Crippen LogP contribution is -2.17. The first-order chi connectivity index (χ1) is 19.6. The molecule has 0 aliphatic rings. The van der Waals surface area contributed by atoms with Gasteiger partial charge in [0.25, 0.3) is 11.8 Å². The summed E-state index contributed by atoms with van der Waals surface area (Å²) in [7, 11) is 0. The minimum absolute atomic E-state index is 0.307. The van der Waals surface area contributed by atoms with Crippen LogP contribution in [0.25, 0.3) is 32.9 Å². The van der Waals surface area contributed by atoms with Gasteiger partial charge in [-0.15, -0.1) is 0 Å². The number of nitrogens with one attached hydrogen (secondary N) is 4. The van der Waals surface area contributed by atoms with Crippen LogP contribution in [0.5, 0.6) is 0 Å². The molecule has 8 nitrogen and oxygen atoms in total. The largest absolute Gasteiger partial charge is 0.354 e. The number of amides is 2.